The van der Waals surface area contributed by atoms with Gasteiger partial charge in [-0.1, -0.05) is 12.2 Å². The highest BCUT2D eigenvalue weighted by atomic mass is 32.1. The average molecular weight is 279 g/mol. The highest BCUT2D eigenvalue weighted by Crippen LogP contribution is 2.23. The number of aromatic nitrogens is 2. The smallest absolute Gasteiger partial charge is 0.241 e. The van der Waals surface area contributed by atoms with Gasteiger partial charge < -0.3 is 15.5 Å². The summed E-state index contributed by atoms with van der Waals surface area (Å²) in [4.78, 5) is 15.7. The van der Waals surface area contributed by atoms with E-state index >= 15 is 0 Å². The van der Waals surface area contributed by atoms with Crippen molar-refractivity contribution in [2.75, 3.05) is 31.6 Å². The minimum Gasteiger partial charge on any atom is -0.389 e. The lowest BCUT2D eigenvalue weighted by molar-refractivity contribution is -0.129. The molecule has 102 valence electrons. The molecular weight excluding hydrogens is 262 g/mol. The molecular formula is C12H17N5OS. The van der Waals surface area contributed by atoms with Crippen molar-refractivity contribution in [2.24, 2.45) is 5.73 Å². The Hall–Kier alpha value is -1.76. The second kappa shape index (κ2) is 5.08. The van der Waals surface area contributed by atoms with Crippen LogP contribution in [0.25, 0.3) is 0 Å². The summed E-state index contributed by atoms with van der Waals surface area (Å²) in [5, 5.41) is 8.29. The third-order valence-electron chi connectivity index (χ3n) is 3.44. The van der Waals surface area contributed by atoms with Crippen LogP contribution in [0.4, 0.5) is 5.82 Å². The van der Waals surface area contributed by atoms with Crippen LogP contribution in [0.5, 0.6) is 0 Å². The number of carbonyl (C=O) groups excluding carboxylic acids is 1. The molecule has 1 fully saturated rings. The number of likely N-dealkylation sites (N-methyl/N-ethyl adjacent to an activating group) is 1. The fraction of sp³-hybridized carbons (Fsp3) is 0.500. The molecule has 0 aromatic carbocycles. The summed E-state index contributed by atoms with van der Waals surface area (Å²) >= 11 is 5.11. The van der Waals surface area contributed by atoms with E-state index in [1.165, 1.54) is 0 Å². The van der Waals surface area contributed by atoms with Crippen LogP contribution in [0.15, 0.2) is 0 Å². The van der Waals surface area contributed by atoms with Gasteiger partial charge in [0.25, 0.3) is 0 Å². The number of carbonyl (C=O) groups is 1. The van der Waals surface area contributed by atoms with E-state index in [2.05, 4.69) is 10.2 Å². The maximum absolute atomic E-state index is 11.8. The summed E-state index contributed by atoms with van der Waals surface area (Å²) in [5.41, 5.74) is 8.24. The Morgan fingerprint density at radius 1 is 1.32 bits per heavy atom. The predicted molar refractivity (Wildman–Crippen MR) is 77.2 cm³/mol. The van der Waals surface area contributed by atoms with Gasteiger partial charge in [0.05, 0.1) is 17.8 Å². The summed E-state index contributed by atoms with van der Waals surface area (Å²) in [7, 11) is 1.79. The number of aryl methyl sites for hydroxylation is 1. The molecule has 2 rings (SSSR count). The fourth-order valence-electron chi connectivity index (χ4n) is 2.05. The van der Waals surface area contributed by atoms with Gasteiger partial charge in [0.2, 0.25) is 5.91 Å². The van der Waals surface area contributed by atoms with Crippen LogP contribution in [0.2, 0.25) is 0 Å². The lowest BCUT2D eigenvalue weighted by Gasteiger charge is -2.33. The maximum atomic E-state index is 11.8. The van der Waals surface area contributed by atoms with Crippen LogP contribution in [0, 0.1) is 13.8 Å². The molecule has 1 aromatic rings. The molecule has 1 saturated heterocycles. The first-order valence-electron chi connectivity index (χ1n) is 6.04. The Balaban J connectivity index is 2.43. The first-order chi connectivity index (χ1) is 8.91. The monoisotopic (exact) mass is 279 g/mol. The third kappa shape index (κ3) is 2.51. The highest BCUT2D eigenvalue weighted by molar-refractivity contribution is 7.80. The van der Waals surface area contributed by atoms with E-state index in [9.17, 15) is 4.79 Å². The van der Waals surface area contributed by atoms with E-state index in [0.29, 0.717) is 18.9 Å². The lowest BCUT2D eigenvalue weighted by atomic mass is 10.1. The average Bonchev–Trinajstić information content (AvgIpc) is 2.35. The molecule has 0 saturated carbocycles. The summed E-state index contributed by atoms with van der Waals surface area (Å²) in [6, 6.07) is 0. The molecule has 7 heteroatoms. The molecule has 0 bridgehead atoms. The van der Waals surface area contributed by atoms with Crippen molar-refractivity contribution in [3.05, 3.63) is 16.8 Å². The molecule has 2 N–H and O–H groups in total. The first kappa shape index (κ1) is 13.7. The van der Waals surface area contributed by atoms with E-state index in [0.717, 1.165) is 16.8 Å². The van der Waals surface area contributed by atoms with Crippen molar-refractivity contribution >= 4 is 28.9 Å². The molecule has 0 aliphatic carbocycles. The number of hydrogen-bond acceptors (Lipinski definition) is 5. The van der Waals surface area contributed by atoms with Gasteiger partial charge in [-0.3, -0.25) is 4.79 Å². The Kier molecular flexibility index (Phi) is 3.66. The molecule has 19 heavy (non-hydrogen) atoms. The van der Waals surface area contributed by atoms with Crippen molar-refractivity contribution in [1.82, 2.24) is 15.1 Å². The standard InChI is InChI=1S/C12H17N5OS/c1-7-8(2)14-15-12(10(7)11(13)19)17-5-4-16(3)9(18)6-17/h4-6H2,1-3H3,(H2,13,19). The SMILES string of the molecule is Cc1nnc(N2CCN(C)C(=O)C2)c(C(N)=S)c1C. The molecule has 6 nitrogen and oxygen atoms in total. The molecule has 1 aliphatic heterocycles. The minimum absolute atomic E-state index is 0.0557. The van der Waals surface area contributed by atoms with Gasteiger partial charge in [-0.15, -0.1) is 5.10 Å². The first-order valence-corrected chi connectivity index (χ1v) is 6.45. The summed E-state index contributed by atoms with van der Waals surface area (Å²) in [5.74, 6) is 0.664. The van der Waals surface area contributed by atoms with Crippen LogP contribution >= 0.6 is 12.2 Å². The summed E-state index contributed by atoms with van der Waals surface area (Å²) < 4.78 is 0. The zero-order chi connectivity index (χ0) is 14.2. The largest absolute Gasteiger partial charge is 0.389 e. The number of thiocarbonyl (C=S) groups is 1. The number of anilines is 1. The molecule has 1 aliphatic rings. The zero-order valence-corrected chi connectivity index (χ0v) is 12.1. The van der Waals surface area contributed by atoms with Gasteiger partial charge >= 0.3 is 0 Å². The highest BCUT2D eigenvalue weighted by Gasteiger charge is 2.26. The van der Waals surface area contributed by atoms with Gasteiger partial charge in [0.15, 0.2) is 5.82 Å². The lowest BCUT2D eigenvalue weighted by Crippen LogP contribution is -2.49. The Morgan fingerprint density at radius 3 is 2.58 bits per heavy atom. The quantitative estimate of drug-likeness (QED) is 0.768. The second-order valence-corrected chi connectivity index (χ2v) is 5.15. The van der Waals surface area contributed by atoms with Crippen molar-refractivity contribution < 1.29 is 4.79 Å². The van der Waals surface area contributed by atoms with Crippen LogP contribution in [0.3, 0.4) is 0 Å². The maximum Gasteiger partial charge on any atom is 0.241 e. The van der Waals surface area contributed by atoms with Crippen LogP contribution < -0.4 is 10.6 Å². The number of nitrogens with zero attached hydrogens (tertiary/aromatic N) is 4. The van der Waals surface area contributed by atoms with Crippen molar-refractivity contribution in [3.8, 4) is 0 Å². The molecule has 0 unspecified atom stereocenters. The van der Waals surface area contributed by atoms with E-state index < -0.39 is 0 Å². The number of piperazine rings is 1. The minimum atomic E-state index is 0.0557. The van der Waals surface area contributed by atoms with Gasteiger partial charge in [0, 0.05) is 20.1 Å². The van der Waals surface area contributed by atoms with Gasteiger partial charge in [-0.25, -0.2) is 0 Å². The van der Waals surface area contributed by atoms with E-state index in [1.807, 2.05) is 18.7 Å². The Bertz CT molecular complexity index is 545. The molecule has 1 amide bonds. The van der Waals surface area contributed by atoms with Crippen LogP contribution in [-0.4, -0.2) is 52.7 Å². The summed E-state index contributed by atoms with van der Waals surface area (Å²) in [6.07, 6.45) is 0. The molecule has 0 radical (unpaired) electrons. The van der Waals surface area contributed by atoms with Crippen LogP contribution in [0.1, 0.15) is 16.8 Å². The van der Waals surface area contributed by atoms with Gasteiger partial charge in [-0.2, -0.15) is 5.10 Å². The van der Waals surface area contributed by atoms with E-state index in [4.69, 9.17) is 18.0 Å². The molecule has 1 aromatic heterocycles. The second-order valence-electron chi connectivity index (χ2n) is 4.71. The summed E-state index contributed by atoms with van der Waals surface area (Å²) in [6.45, 7) is 5.42. The third-order valence-corrected chi connectivity index (χ3v) is 3.64. The van der Waals surface area contributed by atoms with Crippen molar-refractivity contribution in [1.29, 1.82) is 0 Å². The Morgan fingerprint density at radius 2 is 2.00 bits per heavy atom. The van der Waals surface area contributed by atoms with Crippen molar-refractivity contribution in [2.45, 2.75) is 13.8 Å². The number of rotatable bonds is 2. The molecule has 0 spiro atoms. The van der Waals surface area contributed by atoms with E-state index in [-0.39, 0.29) is 17.4 Å². The van der Waals surface area contributed by atoms with Gasteiger partial charge in [-0.05, 0) is 19.4 Å². The predicted octanol–water partition coefficient (Wildman–Crippen LogP) is 0.00604. The number of hydrogen-bond donors (Lipinski definition) is 1. The van der Waals surface area contributed by atoms with Crippen LogP contribution in [-0.2, 0) is 4.79 Å². The van der Waals surface area contributed by atoms with Gasteiger partial charge in [0.1, 0.15) is 4.99 Å². The number of amides is 1. The van der Waals surface area contributed by atoms with E-state index in [1.54, 1.807) is 11.9 Å². The van der Waals surface area contributed by atoms with Crippen molar-refractivity contribution in [3.63, 3.8) is 0 Å². The fourth-order valence-corrected chi connectivity index (χ4v) is 2.30. The molecule has 0 atom stereocenters. The normalized spacial score (nSPS) is 15.8. The Labute approximate surface area is 117 Å². The zero-order valence-electron chi connectivity index (χ0n) is 11.3. The molecule has 2 heterocycles. The number of nitrogens with two attached hydrogens (primary N) is 1. The topological polar surface area (TPSA) is 75.4 Å².